The summed E-state index contributed by atoms with van der Waals surface area (Å²) in [5, 5.41) is 14.4. The summed E-state index contributed by atoms with van der Waals surface area (Å²) in [6.45, 7) is 9.85. The number of carbonyl (C=O) groups is 5. The van der Waals surface area contributed by atoms with Crippen LogP contribution < -0.4 is 26.6 Å². The van der Waals surface area contributed by atoms with E-state index in [9.17, 15) is 24.0 Å². The van der Waals surface area contributed by atoms with Gasteiger partial charge in [0, 0.05) is 17.5 Å². The van der Waals surface area contributed by atoms with Crippen molar-refractivity contribution in [1.82, 2.24) is 21.3 Å². The van der Waals surface area contributed by atoms with Crippen LogP contribution in [0.15, 0.2) is 91.0 Å². The second kappa shape index (κ2) is 19.0. The fourth-order valence-corrected chi connectivity index (χ4v) is 6.21. The molecule has 1 fully saturated rings. The van der Waals surface area contributed by atoms with E-state index in [1.165, 1.54) is 0 Å². The Balaban J connectivity index is 1.53. The van der Waals surface area contributed by atoms with E-state index >= 15 is 0 Å². The second-order valence-corrected chi connectivity index (χ2v) is 15.1. The second-order valence-electron chi connectivity index (χ2n) is 15.1. The molecule has 10 heteroatoms. The van der Waals surface area contributed by atoms with Gasteiger partial charge in [0.25, 0.3) is 0 Å². The average molecular weight is 710 g/mol. The first-order chi connectivity index (χ1) is 24.8. The van der Waals surface area contributed by atoms with Gasteiger partial charge in [0.15, 0.2) is 5.78 Å². The standard InChI is InChI=1S/C42H55N5O5/c1-28(2)25-34(37(48)42(5)23-24-42)44-40(51)36(27-31-17-11-7-12-18-31)46-39(50)35(26-29(3)4)45-38(49)33(22-21-30-15-9-6-10-16-30)47-41(52)43-32-19-13-8-14-20-32/h6-20,28-29,33-36H,21-27H2,1-5H3,(H,44,51)(H,45,49)(H,46,50)(H2,43,47,52)/t33-,34-,35-,36-/m0/s1. The van der Waals surface area contributed by atoms with Gasteiger partial charge >= 0.3 is 6.03 Å². The summed E-state index contributed by atoms with van der Waals surface area (Å²) in [4.78, 5) is 68.5. The molecule has 5 N–H and O–H groups in total. The van der Waals surface area contributed by atoms with Crippen molar-refractivity contribution in [3.8, 4) is 0 Å². The Bertz CT molecular complexity index is 1630. The molecule has 4 rings (SSSR count). The molecule has 0 aromatic heterocycles. The molecule has 0 bridgehead atoms. The van der Waals surface area contributed by atoms with Crippen LogP contribution in [0.5, 0.6) is 0 Å². The number of hydrogen-bond donors (Lipinski definition) is 5. The average Bonchev–Trinajstić information content (AvgIpc) is 3.87. The molecule has 0 unspecified atom stereocenters. The maximum atomic E-state index is 14.1. The highest BCUT2D eigenvalue weighted by atomic mass is 16.2. The minimum atomic E-state index is -1.00. The maximum Gasteiger partial charge on any atom is 0.319 e. The van der Waals surface area contributed by atoms with Gasteiger partial charge in [0.05, 0.1) is 6.04 Å². The molecule has 52 heavy (non-hydrogen) atoms. The van der Waals surface area contributed by atoms with Crippen LogP contribution in [0.3, 0.4) is 0 Å². The quantitative estimate of drug-likeness (QED) is 0.104. The lowest BCUT2D eigenvalue weighted by Crippen LogP contribution is -2.59. The lowest BCUT2D eigenvalue weighted by atomic mass is 9.91. The third-order valence-corrected chi connectivity index (χ3v) is 9.41. The van der Waals surface area contributed by atoms with Gasteiger partial charge in [-0.25, -0.2) is 4.79 Å². The highest BCUT2D eigenvalue weighted by Crippen LogP contribution is 2.47. The molecule has 5 amide bonds. The van der Waals surface area contributed by atoms with Gasteiger partial charge in [-0.1, -0.05) is 113 Å². The Morgan fingerprint density at radius 2 is 1.04 bits per heavy atom. The van der Waals surface area contributed by atoms with Crippen LogP contribution in [0.2, 0.25) is 0 Å². The van der Waals surface area contributed by atoms with Crippen molar-refractivity contribution in [2.24, 2.45) is 17.3 Å². The summed E-state index contributed by atoms with van der Waals surface area (Å²) >= 11 is 0. The summed E-state index contributed by atoms with van der Waals surface area (Å²) in [6, 6.07) is 23.8. The lowest BCUT2D eigenvalue weighted by molar-refractivity contribution is -0.134. The predicted molar refractivity (Wildman–Crippen MR) is 204 cm³/mol. The number of ketones is 1. The molecule has 0 radical (unpaired) electrons. The number of para-hydroxylation sites is 1. The minimum absolute atomic E-state index is 0.0156. The van der Waals surface area contributed by atoms with Crippen molar-refractivity contribution in [2.45, 2.75) is 104 Å². The number of urea groups is 1. The van der Waals surface area contributed by atoms with Crippen molar-refractivity contribution < 1.29 is 24.0 Å². The summed E-state index contributed by atoms with van der Waals surface area (Å²) in [5.74, 6) is -1.27. The fourth-order valence-electron chi connectivity index (χ4n) is 6.21. The summed E-state index contributed by atoms with van der Waals surface area (Å²) in [5.41, 5.74) is 1.98. The smallest absolute Gasteiger partial charge is 0.319 e. The molecule has 4 atom stereocenters. The van der Waals surface area contributed by atoms with Crippen LogP contribution >= 0.6 is 0 Å². The van der Waals surface area contributed by atoms with Crippen LogP contribution in [0.25, 0.3) is 0 Å². The number of carbonyl (C=O) groups excluding carboxylic acids is 5. The van der Waals surface area contributed by atoms with Gasteiger partial charge in [-0.3, -0.25) is 19.2 Å². The van der Waals surface area contributed by atoms with Crippen molar-refractivity contribution in [3.63, 3.8) is 0 Å². The van der Waals surface area contributed by atoms with E-state index in [0.29, 0.717) is 24.9 Å². The van der Waals surface area contributed by atoms with E-state index in [1.807, 2.05) is 101 Å². The van der Waals surface area contributed by atoms with E-state index in [0.717, 1.165) is 24.0 Å². The first kappa shape index (κ1) is 39.8. The zero-order chi connectivity index (χ0) is 37.7. The predicted octanol–water partition coefficient (Wildman–Crippen LogP) is 5.97. The normalized spacial score (nSPS) is 15.4. The molecule has 3 aromatic rings. The van der Waals surface area contributed by atoms with Crippen LogP contribution in [0, 0.1) is 17.3 Å². The fraction of sp³-hybridized carbons (Fsp3) is 0.452. The number of nitrogens with one attached hydrogen (secondary N) is 5. The van der Waals surface area contributed by atoms with Crippen molar-refractivity contribution in [1.29, 1.82) is 0 Å². The molecule has 1 saturated carbocycles. The van der Waals surface area contributed by atoms with Gasteiger partial charge in [-0.15, -0.1) is 0 Å². The summed E-state index contributed by atoms with van der Waals surface area (Å²) in [7, 11) is 0. The molecule has 0 heterocycles. The van der Waals surface area contributed by atoms with E-state index in [2.05, 4.69) is 26.6 Å². The highest BCUT2D eigenvalue weighted by Gasteiger charge is 2.48. The molecule has 10 nitrogen and oxygen atoms in total. The van der Waals surface area contributed by atoms with Crippen molar-refractivity contribution >= 4 is 35.2 Å². The number of rotatable bonds is 19. The molecular weight excluding hydrogens is 654 g/mol. The first-order valence-electron chi connectivity index (χ1n) is 18.5. The Kier molecular flexibility index (Phi) is 14.6. The third-order valence-electron chi connectivity index (χ3n) is 9.41. The number of Topliss-reactive ketones (excluding diaryl/α,β-unsaturated/α-hetero) is 1. The monoisotopic (exact) mass is 709 g/mol. The van der Waals surface area contributed by atoms with Gasteiger partial charge in [0.2, 0.25) is 17.7 Å². The van der Waals surface area contributed by atoms with E-state index in [4.69, 9.17) is 0 Å². The topological polar surface area (TPSA) is 146 Å². The molecule has 0 spiro atoms. The zero-order valence-corrected chi connectivity index (χ0v) is 31.1. The number of amides is 5. The van der Waals surface area contributed by atoms with Crippen LogP contribution in [-0.2, 0) is 32.0 Å². The van der Waals surface area contributed by atoms with Gasteiger partial charge < -0.3 is 26.6 Å². The molecule has 0 aliphatic heterocycles. The Morgan fingerprint density at radius 3 is 1.60 bits per heavy atom. The molecule has 0 saturated heterocycles. The van der Waals surface area contributed by atoms with Crippen molar-refractivity contribution in [2.75, 3.05) is 5.32 Å². The summed E-state index contributed by atoms with van der Waals surface area (Å²) < 4.78 is 0. The molecule has 3 aromatic carbocycles. The van der Waals surface area contributed by atoms with Crippen LogP contribution in [0.4, 0.5) is 10.5 Å². The minimum Gasteiger partial charge on any atom is -0.344 e. The van der Waals surface area contributed by atoms with Crippen LogP contribution in [-0.4, -0.2) is 53.7 Å². The largest absolute Gasteiger partial charge is 0.344 e. The number of hydrogen-bond acceptors (Lipinski definition) is 5. The zero-order valence-electron chi connectivity index (χ0n) is 31.1. The molecule has 278 valence electrons. The molecule has 1 aliphatic rings. The Morgan fingerprint density at radius 1 is 0.577 bits per heavy atom. The molecular formula is C42H55N5O5. The van der Waals surface area contributed by atoms with E-state index in [1.54, 1.807) is 24.3 Å². The third kappa shape index (κ3) is 12.7. The van der Waals surface area contributed by atoms with Gasteiger partial charge in [0.1, 0.15) is 18.1 Å². The Labute approximate surface area is 308 Å². The first-order valence-corrected chi connectivity index (χ1v) is 18.5. The van der Waals surface area contributed by atoms with E-state index in [-0.39, 0.29) is 30.5 Å². The summed E-state index contributed by atoms with van der Waals surface area (Å²) in [6.07, 6.45) is 3.39. The maximum absolute atomic E-state index is 14.1. The van der Waals surface area contributed by atoms with E-state index < -0.39 is 53.3 Å². The number of aryl methyl sites for hydroxylation is 1. The SMILES string of the molecule is CC(C)C[C@H](NC(=O)[C@H](CCc1ccccc1)NC(=O)Nc1ccccc1)C(=O)N[C@@H](Cc1ccccc1)C(=O)N[C@@H](CC(C)C)C(=O)C1(C)CC1. The number of benzene rings is 3. The highest BCUT2D eigenvalue weighted by molar-refractivity contribution is 5.98. The number of anilines is 1. The van der Waals surface area contributed by atoms with Crippen LogP contribution in [0.1, 0.15) is 77.8 Å². The van der Waals surface area contributed by atoms with Crippen molar-refractivity contribution in [3.05, 3.63) is 102 Å². The Hall–Kier alpha value is -4.99. The van der Waals surface area contributed by atoms with Gasteiger partial charge in [-0.05, 0) is 73.6 Å². The van der Waals surface area contributed by atoms with Gasteiger partial charge in [-0.2, -0.15) is 0 Å². The molecule has 1 aliphatic carbocycles. The lowest BCUT2D eigenvalue weighted by Gasteiger charge is -2.28.